The van der Waals surface area contributed by atoms with Crippen LogP contribution in [0.2, 0.25) is 0 Å². The molecule has 0 aromatic heterocycles. The maximum atomic E-state index is 11.9. The number of hydrogen-bond donors (Lipinski definition) is 1. The first-order valence-corrected chi connectivity index (χ1v) is 8.27. The standard InChI is InChI=1S/C13H19NO2S2/c1-2-3-4-8-18(15,16)10-11-6-5-7-12(9-11)13(14)17/h5-7,9H,2-4,8,10H2,1H3,(H2,14,17). The van der Waals surface area contributed by atoms with E-state index >= 15 is 0 Å². The highest BCUT2D eigenvalue weighted by molar-refractivity contribution is 7.90. The number of thiocarbonyl (C=S) groups is 1. The van der Waals surface area contributed by atoms with Crippen molar-refractivity contribution >= 4 is 27.0 Å². The highest BCUT2D eigenvalue weighted by atomic mass is 32.2. The van der Waals surface area contributed by atoms with E-state index in [-0.39, 0.29) is 11.5 Å². The molecule has 1 rings (SSSR count). The second kappa shape index (κ2) is 6.85. The highest BCUT2D eigenvalue weighted by Crippen LogP contribution is 2.11. The molecule has 1 aromatic carbocycles. The molecule has 0 spiro atoms. The molecule has 2 N–H and O–H groups in total. The van der Waals surface area contributed by atoms with Gasteiger partial charge in [-0.25, -0.2) is 8.42 Å². The van der Waals surface area contributed by atoms with E-state index in [9.17, 15) is 8.42 Å². The Balaban J connectivity index is 2.72. The van der Waals surface area contributed by atoms with E-state index in [1.54, 1.807) is 24.3 Å². The summed E-state index contributed by atoms with van der Waals surface area (Å²) in [6.45, 7) is 2.05. The van der Waals surface area contributed by atoms with Crippen molar-refractivity contribution in [1.82, 2.24) is 0 Å². The fourth-order valence-corrected chi connectivity index (χ4v) is 3.32. The molecule has 3 nitrogen and oxygen atoms in total. The zero-order valence-electron chi connectivity index (χ0n) is 10.6. The number of sulfone groups is 1. The van der Waals surface area contributed by atoms with Crippen molar-refractivity contribution in [2.24, 2.45) is 5.73 Å². The Labute approximate surface area is 114 Å². The Morgan fingerprint density at radius 1 is 1.33 bits per heavy atom. The second-order valence-electron chi connectivity index (χ2n) is 4.36. The van der Waals surface area contributed by atoms with Gasteiger partial charge in [0.2, 0.25) is 0 Å². The summed E-state index contributed by atoms with van der Waals surface area (Å²) in [6.07, 6.45) is 2.70. The minimum atomic E-state index is -3.03. The van der Waals surface area contributed by atoms with Crippen molar-refractivity contribution in [3.63, 3.8) is 0 Å². The lowest BCUT2D eigenvalue weighted by Gasteiger charge is -2.06. The Bertz CT molecular complexity index is 509. The fourth-order valence-electron chi connectivity index (χ4n) is 1.71. The Morgan fingerprint density at radius 2 is 2.06 bits per heavy atom. The van der Waals surface area contributed by atoms with E-state index in [4.69, 9.17) is 18.0 Å². The maximum Gasteiger partial charge on any atom is 0.154 e. The Hall–Kier alpha value is -0.940. The number of rotatable bonds is 7. The van der Waals surface area contributed by atoms with Gasteiger partial charge in [-0.2, -0.15) is 0 Å². The van der Waals surface area contributed by atoms with E-state index in [0.29, 0.717) is 10.6 Å². The molecule has 0 radical (unpaired) electrons. The van der Waals surface area contributed by atoms with Gasteiger partial charge in [0.15, 0.2) is 9.84 Å². The SMILES string of the molecule is CCCCCS(=O)(=O)Cc1cccc(C(N)=S)c1. The molecule has 0 aliphatic carbocycles. The van der Waals surface area contributed by atoms with Gasteiger partial charge in [-0.1, -0.05) is 50.2 Å². The van der Waals surface area contributed by atoms with Gasteiger partial charge < -0.3 is 5.73 Å². The molecule has 0 fully saturated rings. The summed E-state index contributed by atoms with van der Waals surface area (Å²) >= 11 is 4.88. The summed E-state index contributed by atoms with van der Waals surface area (Å²) in [4.78, 5) is 0.292. The van der Waals surface area contributed by atoms with Gasteiger partial charge in [-0.3, -0.25) is 0 Å². The summed E-state index contributed by atoms with van der Waals surface area (Å²) < 4.78 is 23.8. The summed E-state index contributed by atoms with van der Waals surface area (Å²) in [5.41, 5.74) is 6.99. The second-order valence-corrected chi connectivity index (χ2v) is 6.99. The third-order valence-corrected chi connectivity index (χ3v) is 4.58. The molecule has 5 heteroatoms. The molecule has 1 aromatic rings. The number of benzene rings is 1. The predicted molar refractivity (Wildman–Crippen MR) is 79.3 cm³/mol. The van der Waals surface area contributed by atoms with Crippen molar-refractivity contribution < 1.29 is 8.42 Å². The van der Waals surface area contributed by atoms with Crippen LogP contribution in [-0.4, -0.2) is 19.2 Å². The first-order valence-electron chi connectivity index (χ1n) is 6.04. The summed E-state index contributed by atoms with van der Waals surface area (Å²) in [6, 6.07) is 7.11. The van der Waals surface area contributed by atoms with Gasteiger partial charge in [0.25, 0.3) is 0 Å². The monoisotopic (exact) mass is 285 g/mol. The topological polar surface area (TPSA) is 60.2 Å². The molecule has 0 heterocycles. The molecule has 0 aliphatic rings. The lowest BCUT2D eigenvalue weighted by molar-refractivity contribution is 0.590. The molecule has 0 atom stereocenters. The maximum absolute atomic E-state index is 11.9. The highest BCUT2D eigenvalue weighted by Gasteiger charge is 2.12. The van der Waals surface area contributed by atoms with Gasteiger partial charge in [0.05, 0.1) is 11.5 Å². The van der Waals surface area contributed by atoms with Crippen molar-refractivity contribution in [2.75, 3.05) is 5.75 Å². The van der Waals surface area contributed by atoms with Crippen LogP contribution in [-0.2, 0) is 15.6 Å². The van der Waals surface area contributed by atoms with Crippen LogP contribution in [0.5, 0.6) is 0 Å². The molecule has 0 aliphatic heterocycles. The lowest BCUT2D eigenvalue weighted by atomic mass is 10.1. The van der Waals surface area contributed by atoms with Crippen LogP contribution in [0, 0.1) is 0 Å². The van der Waals surface area contributed by atoms with Gasteiger partial charge >= 0.3 is 0 Å². The zero-order valence-corrected chi connectivity index (χ0v) is 12.2. The molecule has 0 amide bonds. The fraction of sp³-hybridized carbons (Fsp3) is 0.462. The van der Waals surface area contributed by atoms with Crippen molar-refractivity contribution in [3.8, 4) is 0 Å². The van der Waals surface area contributed by atoms with Gasteiger partial charge in [-0.15, -0.1) is 0 Å². The summed E-state index contributed by atoms with van der Waals surface area (Å²) in [5, 5.41) is 0. The van der Waals surface area contributed by atoms with Crippen LogP contribution in [0.15, 0.2) is 24.3 Å². The van der Waals surface area contributed by atoms with Gasteiger partial charge in [-0.05, 0) is 18.1 Å². The quantitative estimate of drug-likeness (QED) is 0.617. The van der Waals surface area contributed by atoms with Crippen molar-refractivity contribution in [1.29, 1.82) is 0 Å². The Morgan fingerprint density at radius 3 is 2.67 bits per heavy atom. The lowest BCUT2D eigenvalue weighted by Crippen LogP contribution is -2.12. The van der Waals surface area contributed by atoms with Crippen LogP contribution in [0.3, 0.4) is 0 Å². The van der Waals surface area contributed by atoms with Gasteiger partial charge in [0.1, 0.15) is 4.99 Å². The Kier molecular flexibility index (Phi) is 5.75. The third kappa shape index (κ3) is 5.14. The average molecular weight is 285 g/mol. The van der Waals surface area contributed by atoms with Crippen LogP contribution < -0.4 is 5.73 Å². The van der Waals surface area contributed by atoms with Crippen LogP contribution in [0.25, 0.3) is 0 Å². The van der Waals surface area contributed by atoms with Gasteiger partial charge in [0, 0.05) is 5.56 Å². The molecule has 0 saturated carbocycles. The molecule has 0 bridgehead atoms. The van der Waals surface area contributed by atoms with E-state index in [1.807, 2.05) is 0 Å². The average Bonchev–Trinajstić information content (AvgIpc) is 2.28. The molecular formula is C13H19NO2S2. The minimum absolute atomic E-state index is 0.0627. The van der Waals surface area contributed by atoms with Crippen molar-refractivity contribution in [3.05, 3.63) is 35.4 Å². The molecular weight excluding hydrogens is 266 g/mol. The normalized spacial score (nSPS) is 11.4. The molecule has 0 unspecified atom stereocenters. The van der Waals surface area contributed by atoms with Crippen LogP contribution in [0.4, 0.5) is 0 Å². The third-order valence-electron chi connectivity index (χ3n) is 2.66. The van der Waals surface area contributed by atoms with Crippen molar-refractivity contribution in [2.45, 2.75) is 31.9 Å². The molecule has 100 valence electrons. The first kappa shape index (κ1) is 15.1. The first-order chi connectivity index (χ1) is 8.44. The minimum Gasteiger partial charge on any atom is -0.389 e. The summed E-state index contributed by atoms with van der Waals surface area (Å²) in [5.74, 6) is 0.311. The molecule has 0 saturated heterocycles. The largest absolute Gasteiger partial charge is 0.389 e. The van der Waals surface area contributed by atoms with E-state index in [2.05, 4.69) is 6.92 Å². The molecule has 18 heavy (non-hydrogen) atoms. The van der Waals surface area contributed by atoms with E-state index < -0.39 is 9.84 Å². The number of nitrogens with two attached hydrogens (primary N) is 1. The van der Waals surface area contributed by atoms with Crippen LogP contribution in [0.1, 0.15) is 37.3 Å². The summed E-state index contributed by atoms with van der Waals surface area (Å²) in [7, 11) is -3.03. The number of hydrogen-bond acceptors (Lipinski definition) is 3. The van der Waals surface area contributed by atoms with Crippen LogP contribution >= 0.6 is 12.2 Å². The van der Waals surface area contributed by atoms with E-state index in [1.165, 1.54) is 0 Å². The predicted octanol–water partition coefficient (Wildman–Crippen LogP) is 2.43. The van der Waals surface area contributed by atoms with E-state index in [0.717, 1.165) is 24.8 Å². The smallest absolute Gasteiger partial charge is 0.154 e. The zero-order chi connectivity index (χ0) is 13.6. The number of unbranched alkanes of at least 4 members (excludes halogenated alkanes) is 2.